The second-order valence-corrected chi connectivity index (χ2v) is 3.01. The van der Waals surface area contributed by atoms with Crippen molar-refractivity contribution in [3.05, 3.63) is 12.7 Å². The van der Waals surface area contributed by atoms with Crippen LogP contribution in [-0.2, 0) is 0 Å². The maximum atomic E-state index is 5.70. The van der Waals surface area contributed by atoms with E-state index in [1.165, 1.54) is 0 Å². The summed E-state index contributed by atoms with van der Waals surface area (Å²) in [5, 5.41) is 3.27. The molecule has 1 unspecified atom stereocenters. The van der Waals surface area contributed by atoms with Crippen LogP contribution in [0.2, 0.25) is 0 Å². The summed E-state index contributed by atoms with van der Waals surface area (Å²) in [6, 6.07) is 0.416. The Morgan fingerprint density at radius 1 is 1.60 bits per heavy atom. The summed E-state index contributed by atoms with van der Waals surface area (Å²) in [5.74, 6) is 1.27. The van der Waals surface area contributed by atoms with E-state index < -0.39 is 0 Å². The zero-order chi connectivity index (χ0) is 7.98. The molecule has 0 radical (unpaired) electrons. The average molecular weight is 162 g/mol. The van der Waals surface area contributed by atoms with Gasteiger partial charge in [0, 0.05) is 18.5 Å². The van der Waals surface area contributed by atoms with Crippen LogP contribution in [0.5, 0.6) is 0 Å². The van der Waals surface area contributed by atoms with Crippen LogP contribution in [-0.4, -0.2) is 18.5 Å². The predicted octanol–water partition coefficient (Wildman–Crippen LogP) is 2.03. The quantitative estimate of drug-likeness (QED) is 0.481. The van der Waals surface area contributed by atoms with E-state index in [0.717, 1.165) is 6.54 Å². The van der Waals surface area contributed by atoms with Gasteiger partial charge in [0.05, 0.1) is 0 Å². The van der Waals surface area contributed by atoms with E-state index in [2.05, 4.69) is 25.7 Å². The van der Waals surface area contributed by atoms with Gasteiger partial charge in [0.15, 0.2) is 0 Å². The standard InChI is InChI=1S/C8H16ClN/c1-4-5-10-8(6-9)7(2)3/h4,7-8,10H,1,5-6H2,2-3H3. The van der Waals surface area contributed by atoms with Crippen LogP contribution in [0.3, 0.4) is 0 Å². The molecule has 0 saturated heterocycles. The van der Waals surface area contributed by atoms with E-state index in [1.807, 2.05) is 6.08 Å². The fourth-order valence-corrected chi connectivity index (χ4v) is 1.17. The number of nitrogens with one attached hydrogen (secondary N) is 1. The van der Waals surface area contributed by atoms with Crippen molar-refractivity contribution in [2.24, 2.45) is 5.92 Å². The van der Waals surface area contributed by atoms with Crippen molar-refractivity contribution in [2.45, 2.75) is 19.9 Å². The van der Waals surface area contributed by atoms with Crippen molar-refractivity contribution in [3.8, 4) is 0 Å². The van der Waals surface area contributed by atoms with E-state index in [9.17, 15) is 0 Å². The fourth-order valence-electron chi connectivity index (χ4n) is 0.703. The molecule has 0 aliphatic rings. The summed E-state index contributed by atoms with van der Waals surface area (Å²) in [7, 11) is 0. The molecule has 0 rings (SSSR count). The highest BCUT2D eigenvalue weighted by Crippen LogP contribution is 2.02. The van der Waals surface area contributed by atoms with Crippen molar-refractivity contribution in [3.63, 3.8) is 0 Å². The van der Waals surface area contributed by atoms with E-state index in [-0.39, 0.29) is 0 Å². The second kappa shape index (κ2) is 5.75. The zero-order valence-corrected chi connectivity index (χ0v) is 7.49. The molecule has 0 heterocycles. The lowest BCUT2D eigenvalue weighted by molar-refractivity contribution is 0.449. The molecule has 0 aliphatic heterocycles. The summed E-state index contributed by atoms with van der Waals surface area (Å²) in [5.41, 5.74) is 0. The topological polar surface area (TPSA) is 12.0 Å². The van der Waals surface area contributed by atoms with Crippen LogP contribution in [0, 0.1) is 5.92 Å². The molecule has 0 amide bonds. The lowest BCUT2D eigenvalue weighted by atomic mass is 10.1. The third-order valence-corrected chi connectivity index (χ3v) is 1.83. The lowest BCUT2D eigenvalue weighted by Crippen LogP contribution is -2.35. The third kappa shape index (κ3) is 3.91. The van der Waals surface area contributed by atoms with Gasteiger partial charge in [0.25, 0.3) is 0 Å². The van der Waals surface area contributed by atoms with E-state index in [0.29, 0.717) is 17.8 Å². The van der Waals surface area contributed by atoms with Gasteiger partial charge in [-0.3, -0.25) is 0 Å². The highest BCUT2D eigenvalue weighted by atomic mass is 35.5. The smallest absolute Gasteiger partial charge is 0.0379 e. The Bertz CT molecular complexity index is 91.3. The van der Waals surface area contributed by atoms with Gasteiger partial charge in [-0.25, -0.2) is 0 Å². The van der Waals surface area contributed by atoms with E-state index >= 15 is 0 Å². The summed E-state index contributed by atoms with van der Waals surface area (Å²) < 4.78 is 0. The number of alkyl halides is 1. The molecule has 1 N–H and O–H groups in total. The van der Waals surface area contributed by atoms with Crippen LogP contribution in [0.15, 0.2) is 12.7 Å². The molecule has 60 valence electrons. The average Bonchev–Trinajstić information content (AvgIpc) is 1.89. The molecular formula is C8H16ClN. The first kappa shape index (κ1) is 9.99. The molecule has 0 bridgehead atoms. The van der Waals surface area contributed by atoms with Gasteiger partial charge in [-0.05, 0) is 5.92 Å². The maximum absolute atomic E-state index is 5.70. The highest BCUT2D eigenvalue weighted by Gasteiger charge is 2.08. The Morgan fingerprint density at radius 2 is 2.20 bits per heavy atom. The normalized spacial score (nSPS) is 13.6. The van der Waals surface area contributed by atoms with E-state index in [4.69, 9.17) is 11.6 Å². The number of halogens is 1. The summed E-state index contributed by atoms with van der Waals surface area (Å²) in [4.78, 5) is 0. The Balaban J connectivity index is 3.49. The Hall–Kier alpha value is -0.0100. The zero-order valence-electron chi connectivity index (χ0n) is 6.73. The van der Waals surface area contributed by atoms with Gasteiger partial charge in [-0.1, -0.05) is 19.9 Å². The first-order valence-electron chi connectivity index (χ1n) is 3.62. The molecule has 0 aromatic heterocycles. The largest absolute Gasteiger partial charge is 0.309 e. The Morgan fingerprint density at radius 3 is 2.50 bits per heavy atom. The Kier molecular flexibility index (Phi) is 5.74. The molecule has 10 heavy (non-hydrogen) atoms. The maximum Gasteiger partial charge on any atom is 0.0379 e. The van der Waals surface area contributed by atoms with Crippen molar-refractivity contribution in [1.82, 2.24) is 5.32 Å². The van der Waals surface area contributed by atoms with Crippen LogP contribution in [0.1, 0.15) is 13.8 Å². The molecule has 0 fully saturated rings. The Labute approximate surface area is 68.5 Å². The van der Waals surface area contributed by atoms with Crippen molar-refractivity contribution >= 4 is 11.6 Å². The minimum atomic E-state index is 0.416. The first-order valence-corrected chi connectivity index (χ1v) is 4.16. The monoisotopic (exact) mass is 161 g/mol. The van der Waals surface area contributed by atoms with Gasteiger partial charge in [0.2, 0.25) is 0 Å². The van der Waals surface area contributed by atoms with Crippen molar-refractivity contribution in [1.29, 1.82) is 0 Å². The SMILES string of the molecule is C=CCNC(CCl)C(C)C. The third-order valence-electron chi connectivity index (χ3n) is 1.50. The molecule has 0 saturated carbocycles. The van der Waals surface area contributed by atoms with Gasteiger partial charge in [-0.15, -0.1) is 18.2 Å². The highest BCUT2D eigenvalue weighted by molar-refractivity contribution is 6.18. The molecule has 0 aromatic carbocycles. The second-order valence-electron chi connectivity index (χ2n) is 2.70. The van der Waals surface area contributed by atoms with Gasteiger partial charge in [-0.2, -0.15) is 0 Å². The summed E-state index contributed by atoms with van der Waals surface area (Å²) >= 11 is 5.70. The number of hydrogen-bond acceptors (Lipinski definition) is 1. The van der Waals surface area contributed by atoms with Crippen LogP contribution >= 0.6 is 11.6 Å². The number of hydrogen-bond donors (Lipinski definition) is 1. The lowest BCUT2D eigenvalue weighted by Gasteiger charge is -2.18. The number of rotatable bonds is 5. The molecule has 0 spiro atoms. The molecule has 0 aliphatic carbocycles. The minimum Gasteiger partial charge on any atom is -0.309 e. The molecular weight excluding hydrogens is 146 g/mol. The van der Waals surface area contributed by atoms with Gasteiger partial charge < -0.3 is 5.32 Å². The molecule has 1 atom stereocenters. The van der Waals surface area contributed by atoms with Crippen LogP contribution < -0.4 is 5.32 Å². The molecule has 0 aromatic rings. The fraction of sp³-hybridized carbons (Fsp3) is 0.750. The molecule has 2 heteroatoms. The van der Waals surface area contributed by atoms with E-state index in [1.54, 1.807) is 0 Å². The van der Waals surface area contributed by atoms with Crippen molar-refractivity contribution < 1.29 is 0 Å². The van der Waals surface area contributed by atoms with Gasteiger partial charge in [0.1, 0.15) is 0 Å². The minimum absolute atomic E-state index is 0.416. The van der Waals surface area contributed by atoms with Crippen LogP contribution in [0.25, 0.3) is 0 Å². The van der Waals surface area contributed by atoms with Gasteiger partial charge >= 0.3 is 0 Å². The first-order chi connectivity index (χ1) is 4.72. The molecule has 1 nitrogen and oxygen atoms in total. The van der Waals surface area contributed by atoms with Crippen molar-refractivity contribution in [2.75, 3.05) is 12.4 Å². The summed E-state index contributed by atoms with van der Waals surface area (Å²) in [6.07, 6.45) is 1.85. The van der Waals surface area contributed by atoms with Crippen LogP contribution in [0.4, 0.5) is 0 Å². The predicted molar refractivity (Wildman–Crippen MR) is 47.5 cm³/mol. The summed E-state index contributed by atoms with van der Waals surface area (Å²) in [6.45, 7) is 8.78.